The quantitative estimate of drug-likeness (QED) is 0.841. The van der Waals surface area contributed by atoms with Crippen LogP contribution in [-0.2, 0) is 0 Å². The number of carbonyl (C=O) groups excluding carboxylic acids is 1. The highest BCUT2D eigenvalue weighted by Crippen LogP contribution is 2.13. The third kappa shape index (κ3) is 4.13. The number of aromatic nitrogens is 2. The Kier molecular flexibility index (Phi) is 5.02. The van der Waals surface area contributed by atoms with Crippen LogP contribution in [0.5, 0.6) is 0 Å². The van der Waals surface area contributed by atoms with Crippen LogP contribution in [0, 0.1) is 18.8 Å². The van der Waals surface area contributed by atoms with Gasteiger partial charge >= 0.3 is 0 Å². The van der Waals surface area contributed by atoms with E-state index in [9.17, 15) is 4.79 Å². The van der Waals surface area contributed by atoms with Crippen LogP contribution >= 0.6 is 0 Å². The van der Waals surface area contributed by atoms with E-state index in [4.69, 9.17) is 5.11 Å². The van der Waals surface area contributed by atoms with E-state index in [-0.39, 0.29) is 12.5 Å². The summed E-state index contributed by atoms with van der Waals surface area (Å²) in [7, 11) is 0. The van der Waals surface area contributed by atoms with Crippen LogP contribution in [0.2, 0.25) is 0 Å². The van der Waals surface area contributed by atoms with Gasteiger partial charge in [-0.05, 0) is 24.6 Å². The van der Waals surface area contributed by atoms with Crippen molar-refractivity contribution in [2.24, 2.45) is 0 Å². The standard InChI is InChI=1S/C16H15N3O2/c1-12-5-6-14(13(10-12)4-2-3-9-20)16(21)19-15-11-17-7-8-18-15/h5-8,10-11,20H,3,9H2,1H3,(H,18,19,21). The van der Waals surface area contributed by atoms with Crippen LogP contribution in [-0.4, -0.2) is 27.6 Å². The lowest BCUT2D eigenvalue weighted by Crippen LogP contribution is -2.14. The molecule has 5 heteroatoms. The summed E-state index contributed by atoms with van der Waals surface area (Å²) >= 11 is 0. The molecule has 0 saturated carbocycles. The maximum absolute atomic E-state index is 12.3. The number of aryl methyl sites for hydroxylation is 1. The van der Waals surface area contributed by atoms with Crippen molar-refractivity contribution in [2.75, 3.05) is 11.9 Å². The minimum Gasteiger partial charge on any atom is -0.395 e. The summed E-state index contributed by atoms with van der Waals surface area (Å²) in [5.41, 5.74) is 2.11. The maximum Gasteiger partial charge on any atom is 0.258 e. The van der Waals surface area contributed by atoms with Gasteiger partial charge in [0.15, 0.2) is 5.82 Å². The molecule has 5 nitrogen and oxygen atoms in total. The fourth-order valence-electron chi connectivity index (χ4n) is 1.72. The summed E-state index contributed by atoms with van der Waals surface area (Å²) in [6.45, 7) is 1.93. The van der Waals surface area contributed by atoms with Gasteiger partial charge in [-0.1, -0.05) is 17.9 Å². The molecule has 0 bridgehead atoms. The monoisotopic (exact) mass is 281 g/mol. The first-order valence-corrected chi connectivity index (χ1v) is 6.48. The number of nitrogens with one attached hydrogen (secondary N) is 1. The van der Waals surface area contributed by atoms with Gasteiger partial charge in [0, 0.05) is 24.4 Å². The van der Waals surface area contributed by atoms with E-state index in [1.807, 2.05) is 19.1 Å². The van der Waals surface area contributed by atoms with Crippen molar-refractivity contribution in [1.29, 1.82) is 0 Å². The zero-order valence-electron chi connectivity index (χ0n) is 11.6. The van der Waals surface area contributed by atoms with Crippen LogP contribution in [0.4, 0.5) is 5.82 Å². The Labute approximate surface area is 123 Å². The molecule has 1 aromatic heterocycles. The molecule has 2 aromatic rings. The predicted octanol–water partition coefficient (Wildman–Crippen LogP) is 1.77. The lowest BCUT2D eigenvalue weighted by molar-refractivity contribution is 0.102. The molecule has 21 heavy (non-hydrogen) atoms. The average Bonchev–Trinajstić information content (AvgIpc) is 2.48. The molecule has 0 fully saturated rings. The summed E-state index contributed by atoms with van der Waals surface area (Å²) in [4.78, 5) is 20.2. The van der Waals surface area contributed by atoms with Gasteiger partial charge in [-0.3, -0.25) is 9.78 Å². The fourth-order valence-corrected chi connectivity index (χ4v) is 1.72. The van der Waals surface area contributed by atoms with Gasteiger partial charge < -0.3 is 10.4 Å². The molecule has 0 saturated heterocycles. The number of carbonyl (C=O) groups is 1. The summed E-state index contributed by atoms with van der Waals surface area (Å²) in [5, 5.41) is 11.5. The van der Waals surface area contributed by atoms with E-state index >= 15 is 0 Å². The van der Waals surface area contributed by atoms with Crippen molar-refractivity contribution in [2.45, 2.75) is 13.3 Å². The van der Waals surface area contributed by atoms with Crippen LogP contribution in [0.3, 0.4) is 0 Å². The molecule has 0 spiro atoms. The second-order valence-electron chi connectivity index (χ2n) is 4.37. The van der Waals surface area contributed by atoms with Crippen molar-refractivity contribution in [1.82, 2.24) is 9.97 Å². The van der Waals surface area contributed by atoms with Gasteiger partial charge in [0.05, 0.1) is 18.4 Å². The Morgan fingerprint density at radius 1 is 1.38 bits per heavy atom. The first kappa shape index (κ1) is 14.7. The number of rotatable bonds is 3. The molecule has 0 aliphatic rings. The van der Waals surface area contributed by atoms with Gasteiger partial charge in [0.25, 0.3) is 5.91 Å². The Balaban J connectivity index is 2.26. The summed E-state index contributed by atoms with van der Waals surface area (Å²) in [6.07, 6.45) is 4.89. The normalized spacial score (nSPS) is 9.62. The first-order chi connectivity index (χ1) is 10.2. The minimum atomic E-state index is -0.288. The molecule has 2 rings (SSSR count). The number of aliphatic hydroxyl groups excluding tert-OH is 1. The van der Waals surface area contributed by atoms with Crippen molar-refractivity contribution in [3.63, 3.8) is 0 Å². The van der Waals surface area contributed by atoms with E-state index in [2.05, 4.69) is 27.1 Å². The zero-order valence-corrected chi connectivity index (χ0v) is 11.6. The van der Waals surface area contributed by atoms with Crippen molar-refractivity contribution >= 4 is 11.7 Å². The van der Waals surface area contributed by atoms with E-state index < -0.39 is 0 Å². The smallest absolute Gasteiger partial charge is 0.258 e. The van der Waals surface area contributed by atoms with Crippen LogP contribution in [0.25, 0.3) is 0 Å². The Morgan fingerprint density at radius 3 is 2.95 bits per heavy atom. The second kappa shape index (κ2) is 7.17. The molecule has 0 aliphatic heterocycles. The highest BCUT2D eigenvalue weighted by molar-refractivity contribution is 6.05. The lowest BCUT2D eigenvalue weighted by Gasteiger charge is -2.06. The van der Waals surface area contributed by atoms with E-state index in [1.54, 1.807) is 6.07 Å². The zero-order chi connectivity index (χ0) is 15.1. The number of aliphatic hydroxyl groups is 1. The molecular formula is C16H15N3O2. The molecular weight excluding hydrogens is 266 g/mol. The highest BCUT2D eigenvalue weighted by atomic mass is 16.2. The molecule has 2 N–H and O–H groups in total. The van der Waals surface area contributed by atoms with E-state index in [1.165, 1.54) is 18.6 Å². The molecule has 106 valence electrons. The Hall–Kier alpha value is -2.71. The van der Waals surface area contributed by atoms with Crippen molar-refractivity contribution in [3.05, 3.63) is 53.5 Å². The highest BCUT2D eigenvalue weighted by Gasteiger charge is 2.11. The minimum absolute atomic E-state index is 0.0000494. The van der Waals surface area contributed by atoms with Gasteiger partial charge in [0.2, 0.25) is 0 Å². The number of nitrogens with zero attached hydrogens (tertiary/aromatic N) is 2. The largest absolute Gasteiger partial charge is 0.395 e. The molecule has 0 atom stereocenters. The third-order valence-electron chi connectivity index (χ3n) is 2.68. The van der Waals surface area contributed by atoms with Crippen molar-refractivity contribution < 1.29 is 9.90 Å². The van der Waals surface area contributed by atoms with Crippen LogP contribution in [0.15, 0.2) is 36.8 Å². The molecule has 1 amide bonds. The number of benzene rings is 1. The topological polar surface area (TPSA) is 75.1 Å². The predicted molar refractivity (Wildman–Crippen MR) is 79.7 cm³/mol. The van der Waals surface area contributed by atoms with E-state index in [0.717, 1.165) is 5.56 Å². The number of hydrogen-bond donors (Lipinski definition) is 2. The second-order valence-corrected chi connectivity index (χ2v) is 4.37. The average molecular weight is 281 g/mol. The van der Waals surface area contributed by atoms with Gasteiger partial charge in [-0.25, -0.2) is 4.98 Å². The lowest BCUT2D eigenvalue weighted by atomic mass is 10.0. The molecule has 0 radical (unpaired) electrons. The third-order valence-corrected chi connectivity index (χ3v) is 2.68. The Bertz CT molecular complexity index is 688. The SMILES string of the molecule is Cc1ccc(C(=O)Nc2cnccn2)c(C#CCCO)c1. The Morgan fingerprint density at radius 2 is 2.24 bits per heavy atom. The van der Waals surface area contributed by atoms with Crippen molar-refractivity contribution in [3.8, 4) is 11.8 Å². The molecule has 1 heterocycles. The summed E-state index contributed by atoms with van der Waals surface area (Å²) < 4.78 is 0. The molecule has 0 aliphatic carbocycles. The fraction of sp³-hybridized carbons (Fsp3) is 0.188. The van der Waals surface area contributed by atoms with Gasteiger partial charge in [-0.2, -0.15) is 0 Å². The summed E-state index contributed by atoms with van der Waals surface area (Å²) in [6, 6.07) is 5.42. The van der Waals surface area contributed by atoms with Gasteiger partial charge in [-0.15, -0.1) is 0 Å². The van der Waals surface area contributed by atoms with Crippen LogP contribution in [0.1, 0.15) is 27.9 Å². The number of amides is 1. The van der Waals surface area contributed by atoms with Gasteiger partial charge in [0.1, 0.15) is 0 Å². The molecule has 0 unspecified atom stereocenters. The number of hydrogen-bond acceptors (Lipinski definition) is 4. The van der Waals surface area contributed by atoms with E-state index in [0.29, 0.717) is 23.4 Å². The first-order valence-electron chi connectivity index (χ1n) is 6.48. The molecule has 1 aromatic carbocycles. The van der Waals surface area contributed by atoms with Crippen LogP contribution < -0.4 is 5.32 Å². The maximum atomic E-state index is 12.3. The summed E-state index contributed by atoms with van der Waals surface area (Å²) in [5.74, 6) is 5.84. The number of anilines is 1.